The standard InChI is InChI=1S/C26H30N8OS/c1-15-14-34(11-10-33(15)9-7-19-16(2)24(19)35)18-6-8-27-23(12-18)31-26-30-22-5-4-21(29-25(22)36-26)20-13-28-32-17(20)3/h4-6,8,12-13,15-16,19H,7,9-11,14H2,1-3H3,(H,28,32)(H,27,30,31)/t15-,16?,19?/m0/s1. The van der Waals surface area contributed by atoms with Crippen LogP contribution >= 0.6 is 11.3 Å². The molecule has 2 N–H and O–H groups in total. The lowest BCUT2D eigenvalue weighted by molar-refractivity contribution is -0.112. The molecular formula is C26H30N8OS. The fourth-order valence-electron chi connectivity index (χ4n) is 5.11. The Labute approximate surface area is 214 Å². The van der Waals surface area contributed by atoms with Crippen molar-refractivity contribution >= 4 is 44.1 Å². The quantitative estimate of drug-likeness (QED) is 0.386. The van der Waals surface area contributed by atoms with Crippen LogP contribution in [0.15, 0.2) is 36.7 Å². The molecule has 36 heavy (non-hydrogen) atoms. The normalized spacial score (nSPS) is 22.4. The van der Waals surface area contributed by atoms with Gasteiger partial charge in [0.25, 0.3) is 0 Å². The topological polar surface area (TPSA) is 103 Å². The number of carbonyl (C=O) groups is 1. The maximum atomic E-state index is 11.6. The van der Waals surface area contributed by atoms with E-state index in [1.54, 1.807) is 6.20 Å². The third-order valence-corrected chi connectivity index (χ3v) is 8.39. The highest BCUT2D eigenvalue weighted by atomic mass is 32.1. The second kappa shape index (κ2) is 9.25. The Bertz CT molecular complexity index is 1410. The first-order valence-corrected chi connectivity index (χ1v) is 13.3. The maximum absolute atomic E-state index is 11.6. The summed E-state index contributed by atoms with van der Waals surface area (Å²) in [5.41, 5.74) is 4.89. The highest BCUT2D eigenvalue weighted by Crippen LogP contribution is 2.36. The minimum Gasteiger partial charge on any atom is -0.369 e. The van der Waals surface area contributed by atoms with Crippen LogP contribution in [0.4, 0.5) is 16.6 Å². The number of carbonyl (C=O) groups excluding carboxylic acids is 1. The molecule has 1 aliphatic heterocycles. The molecule has 1 aliphatic carbocycles. The lowest BCUT2D eigenvalue weighted by atomic mass is 10.1. The van der Waals surface area contributed by atoms with E-state index < -0.39 is 0 Å². The van der Waals surface area contributed by atoms with E-state index in [2.05, 4.69) is 49.4 Å². The average Bonchev–Trinajstić information content (AvgIpc) is 3.22. The van der Waals surface area contributed by atoms with E-state index in [4.69, 9.17) is 9.97 Å². The van der Waals surface area contributed by atoms with Crippen LogP contribution in [0.3, 0.4) is 0 Å². The van der Waals surface area contributed by atoms with Gasteiger partial charge in [0, 0.05) is 66.7 Å². The Kier molecular flexibility index (Phi) is 5.93. The Morgan fingerprint density at radius 3 is 2.81 bits per heavy atom. The summed E-state index contributed by atoms with van der Waals surface area (Å²) in [6, 6.07) is 8.57. The summed E-state index contributed by atoms with van der Waals surface area (Å²) in [7, 11) is 0. The molecule has 2 unspecified atom stereocenters. The van der Waals surface area contributed by atoms with Crippen molar-refractivity contribution in [3.8, 4) is 11.3 Å². The van der Waals surface area contributed by atoms with Crippen molar-refractivity contribution in [3.05, 3.63) is 42.4 Å². The molecule has 9 nitrogen and oxygen atoms in total. The summed E-state index contributed by atoms with van der Waals surface area (Å²) in [4.78, 5) is 31.5. The third-order valence-electron chi connectivity index (χ3n) is 7.51. The highest BCUT2D eigenvalue weighted by molar-refractivity contribution is 7.21. The molecular weight excluding hydrogens is 472 g/mol. The van der Waals surface area contributed by atoms with E-state index in [1.165, 1.54) is 11.3 Å². The molecule has 2 fully saturated rings. The van der Waals surface area contributed by atoms with Crippen molar-refractivity contribution in [2.75, 3.05) is 36.4 Å². The zero-order chi connectivity index (χ0) is 24.8. The molecule has 6 rings (SSSR count). The van der Waals surface area contributed by atoms with Gasteiger partial charge in [0.1, 0.15) is 21.9 Å². The lowest BCUT2D eigenvalue weighted by Gasteiger charge is -2.41. The predicted molar refractivity (Wildman–Crippen MR) is 143 cm³/mol. The molecule has 4 aromatic heterocycles. The van der Waals surface area contributed by atoms with E-state index in [-0.39, 0.29) is 5.92 Å². The molecule has 0 radical (unpaired) electrons. The molecule has 4 aromatic rings. The number of aromatic nitrogens is 5. The van der Waals surface area contributed by atoms with Crippen LogP contribution in [-0.2, 0) is 4.79 Å². The van der Waals surface area contributed by atoms with Crippen LogP contribution in [-0.4, -0.2) is 68.1 Å². The number of nitrogens with one attached hydrogen (secondary N) is 2. The lowest BCUT2D eigenvalue weighted by Crippen LogP contribution is -2.52. The Morgan fingerprint density at radius 1 is 1.19 bits per heavy atom. The van der Waals surface area contributed by atoms with Crippen LogP contribution in [0.2, 0.25) is 0 Å². The van der Waals surface area contributed by atoms with Crippen LogP contribution in [0.5, 0.6) is 0 Å². The largest absolute Gasteiger partial charge is 0.369 e. The number of Topliss-reactive ketones (excluding diaryl/α,β-unsaturated/α-hetero) is 1. The van der Waals surface area contributed by atoms with Crippen LogP contribution in [0, 0.1) is 18.8 Å². The van der Waals surface area contributed by atoms with E-state index in [0.717, 1.165) is 76.5 Å². The van der Waals surface area contributed by atoms with Crippen molar-refractivity contribution in [2.45, 2.75) is 33.2 Å². The molecule has 0 spiro atoms. The number of ketones is 1. The number of pyridine rings is 2. The van der Waals surface area contributed by atoms with E-state index in [0.29, 0.717) is 17.7 Å². The number of hydrogen-bond donors (Lipinski definition) is 2. The number of aryl methyl sites for hydroxylation is 1. The molecule has 0 aromatic carbocycles. The van der Waals surface area contributed by atoms with Crippen LogP contribution in [0.1, 0.15) is 26.0 Å². The summed E-state index contributed by atoms with van der Waals surface area (Å²) in [5.74, 6) is 1.78. The van der Waals surface area contributed by atoms with E-state index in [9.17, 15) is 4.79 Å². The van der Waals surface area contributed by atoms with Gasteiger partial charge in [-0.05, 0) is 45.0 Å². The average molecular weight is 503 g/mol. The first-order chi connectivity index (χ1) is 17.5. The monoisotopic (exact) mass is 502 g/mol. The molecule has 0 amide bonds. The molecule has 3 atom stereocenters. The molecule has 1 saturated carbocycles. The number of anilines is 3. The SMILES string of the molecule is Cc1[nH]ncc1-c1ccc2nc(Nc3cc(N4CCN(CCC5C(=O)C5C)[C@@H](C)C4)ccn3)sc2n1. The van der Waals surface area contributed by atoms with E-state index in [1.807, 2.05) is 32.2 Å². The first-order valence-electron chi connectivity index (χ1n) is 12.5. The molecule has 1 saturated heterocycles. The summed E-state index contributed by atoms with van der Waals surface area (Å²) in [5, 5.41) is 11.2. The number of H-pyrrole nitrogens is 1. The molecule has 186 valence electrons. The van der Waals surface area contributed by atoms with Gasteiger partial charge < -0.3 is 10.2 Å². The maximum Gasteiger partial charge on any atom is 0.190 e. The van der Waals surface area contributed by atoms with Gasteiger partial charge >= 0.3 is 0 Å². The number of aromatic amines is 1. The van der Waals surface area contributed by atoms with Gasteiger partial charge in [0.05, 0.1) is 11.9 Å². The number of piperazine rings is 1. The number of hydrogen-bond acceptors (Lipinski definition) is 9. The first kappa shape index (κ1) is 23.1. The zero-order valence-electron chi connectivity index (χ0n) is 20.7. The van der Waals surface area contributed by atoms with Gasteiger partial charge in [-0.15, -0.1) is 0 Å². The second-order valence-corrected chi connectivity index (χ2v) is 10.9. The molecule has 10 heteroatoms. The van der Waals surface area contributed by atoms with Gasteiger partial charge in [0.2, 0.25) is 0 Å². The van der Waals surface area contributed by atoms with E-state index >= 15 is 0 Å². The Hall–Kier alpha value is -3.37. The van der Waals surface area contributed by atoms with Crippen molar-refractivity contribution in [3.63, 3.8) is 0 Å². The van der Waals surface area contributed by atoms with Crippen LogP contribution in [0.25, 0.3) is 21.6 Å². The third kappa shape index (κ3) is 4.46. The highest BCUT2D eigenvalue weighted by Gasteiger charge is 2.44. The zero-order valence-corrected chi connectivity index (χ0v) is 21.5. The Morgan fingerprint density at radius 2 is 2.06 bits per heavy atom. The number of nitrogens with zero attached hydrogens (tertiary/aromatic N) is 6. The number of thiazole rings is 1. The fraction of sp³-hybridized carbons (Fsp3) is 0.423. The van der Waals surface area contributed by atoms with Gasteiger partial charge in [0.15, 0.2) is 5.13 Å². The summed E-state index contributed by atoms with van der Waals surface area (Å²) < 4.78 is 0. The van der Waals surface area contributed by atoms with Gasteiger partial charge in [-0.2, -0.15) is 5.10 Å². The summed E-state index contributed by atoms with van der Waals surface area (Å²) >= 11 is 1.52. The Balaban J connectivity index is 1.12. The van der Waals surface area contributed by atoms with Gasteiger partial charge in [-0.1, -0.05) is 18.3 Å². The minimum absolute atomic E-state index is 0.276. The summed E-state index contributed by atoms with van der Waals surface area (Å²) in [6.45, 7) is 10.2. The van der Waals surface area contributed by atoms with Crippen molar-refractivity contribution in [2.24, 2.45) is 11.8 Å². The number of fused-ring (bicyclic) bond motifs is 1. The molecule has 0 bridgehead atoms. The van der Waals surface area contributed by atoms with Crippen molar-refractivity contribution in [1.29, 1.82) is 0 Å². The summed E-state index contributed by atoms with van der Waals surface area (Å²) in [6.07, 6.45) is 4.64. The van der Waals surface area contributed by atoms with Gasteiger partial charge in [-0.3, -0.25) is 14.8 Å². The van der Waals surface area contributed by atoms with Crippen LogP contribution < -0.4 is 10.2 Å². The predicted octanol–water partition coefficient (Wildman–Crippen LogP) is 4.26. The number of rotatable bonds is 7. The molecule has 2 aliphatic rings. The van der Waals surface area contributed by atoms with Crippen molar-refractivity contribution < 1.29 is 4.79 Å². The smallest absolute Gasteiger partial charge is 0.190 e. The fourth-order valence-corrected chi connectivity index (χ4v) is 5.96. The second-order valence-electron chi connectivity index (χ2n) is 9.89. The molecule has 5 heterocycles. The minimum atomic E-state index is 0.276. The van der Waals surface area contributed by atoms with Gasteiger partial charge in [-0.25, -0.2) is 15.0 Å². The van der Waals surface area contributed by atoms with Crippen molar-refractivity contribution in [1.82, 2.24) is 30.0 Å².